The van der Waals surface area contributed by atoms with Gasteiger partial charge in [0.2, 0.25) is 11.8 Å². The number of fused-ring (bicyclic) bond motifs is 1. The van der Waals surface area contributed by atoms with Crippen molar-refractivity contribution in [1.82, 2.24) is 15.0 Å². The summed E-state index contributed by atoms with van der Waals surface area (Å²) in [6.45, 7) is 0.926. The molecule has 2 unspecified atom stereocenters. The molecule has 4 heterocycles. The van der Waals surface area contributed by atoms with Crippen LogP contribution in [0, 0.1) is 11.8 Å². The average molecular weight is 385 g/mol. The topological polar surface area (TPSA) is 75.9 Å². The highest BCUT2D eigenvalue weighted by atomic mass is 16.5. The van der Waals surface area contributed by atoms with Crippen molar-refractivity contribution in [2.75, 3.05) is 13.6 Å². The van der Waals surface area contributed by atoms with Crippen LogP contribution in [0.5, 0.6) is 0 Å². The Hall–Kier alpha value is -2.15. The lowest BCUT2D eigenvalue weighted by Gasteiger charge is -2.30. The second-order valence-corrected chi connectivity index (χ2v) is 8.68. The Balaban J connectivity index is 1.37. The van der Waals surface area contributed by atoms with Gasteiger partial charge in [0.25, 0.3) is 0 Å². The molecule has 150 valence electrons. The molecule has 1 spiro atoms. The van der Waals surface area contributed by atoms with Crippen molar-refractivity contribution < 1.29 is 18.8 Å². The van der Waals surface area contributed by atoms with E-state index in [0.717, 1.165) is 12.8 Å². The summed E-state index contributed by atoms with van der Waals surface area (Å²) in [5.74, 6) is -0.196. The number of carbonyl (C=O) groups excluding carboxylic acids is 2. The van der Waals surface area contributed by atoms with Gasteiger partial charge >= 0.3 is 0 Å². The molecule has 28 heavy (non-hydrogen) atoms. The van der Waals surface area contributed by atoms with Gasteiger partial charge in [0, 0.05) is 19.2 Å². The summed E-state index contributed by atoms with van der Waals surface area (Å²) in [5, 5.41) is 3.69. The van der Waals surface area contributed by atoms with Crippen molar-refractivity contribution >= 4 is 11.8 Å². The summed E-state index contributed by atoms with van der Waals surface area (Å²) in [6, 6.07) is 2.03. The first-order valence-corrected chi connectivity index (χ1v) is 10.4. The van der Waals surface area contributed by atoms with E-state index in [1.54, 1.807) is 24.2 Å². The van der Waals surface area contributed by atoms with Gasteiger partial charge in [0.05, 0.1) is 37.2 Å². The summed E-state index contributed by atoms with van der Waals surface area (Å²) in [5.41, 5.74) is -0.624. The zero-order valence-corrected chi connectivity index (χ0v) is 16.3. The van der Waals surface area contributed by atoms with Crippen LogP contribution < -0.4 is 0 Å². The molecule has 0 N–H and O–H groups in total. The maximum atomic E-state index is 13.5. The molecule has 2 bridgehead atoms. The van der Waals surface area contributed by atoms with Gasteiger partial charge in [0.1, 0.15) is 5.60 Å². The minimum absolute atomic E-state index is 0.0614. The van der Waals surface area contributed by atoms with Crippen LogP contribution in [0.2, 0.25) is 0 Å². The van der Waals surface area contributed by atoms with Gasteiger partial charge in [0.15, 0.2) is 5.76 Å². The summed E-state index contributed by atoms with van der Waals surface area (Å²) in [4.78, 5) is 30.4. The molecule has 1 aromatic rings. The number of amides is 2. The quantitative estimate of drug-likeness (QED) is 0.586. The fraction of sp³-hybridized carbons (Fsp3) is 0.667. The van der Waals surface area contributed by atoms with Crippen LogP contribution in [0.25, 0.3) is 0 Å². The number of carbonyl (C=O) groups is 2. The zero-order chi connectivity index (χ0) is 19.3. The van der Waals surface area contributed by atoms with Gasteiger partial charge in [-0.3, -0.25) is 9.59 Å². The Bertz CT molecular complexity index is 784. The van der Waals surface area contributed by atoms with Gasteiger partial charge in [-0.2, -0.15) is 0 Å². The molecule has 7 heteroatoms. The Kier molecular flexibility index (Phi) is 4.30. The number of likely N-dealkylation sites (tertiary alicyclic amines) is 1. The monoisotopic (exact) mass is 385 g/mol. The number of ether oxygens (including phenoxy) is 1. The lowest BCUT2D eigenvalue weighted by Crippen LogP contribution is -2.45. The highest BCUT2D eigenvalue weighted by Gasteiger charge is 2.67. The van der Waals surface area contributed by atoms with E-state index in [1.165, 1.54) is 25.7 Å². The van der Waals surface area contributed by atoms with Crippen molar-refractivity contribution in [3.05, 3.63) is 30.2 Å². The van der Waals surface area contributed by atoms with Crippen LogP contribution in [0.3, 0.4) is 0 Å². The van der Waals surface area contributed by atoms with Gasteiger partial charge in [-0.1, -0.05) is 43.0 Å². The molecule has 2 saturated heterocycles. The van der Waals surface area contributed by atoms with Gasteiger partial charge < -0.3 is 19.1 Å². The van der Waals surface area contributed by atoms with E-state index < -0.39 is 17.4 Å². The maximum absolute atomic E-state index is 13.5. The predicted molar refractivity (Wildman–Crippen MR) is 99.9 cm³/mol. The minimum atomic E-state index is -0.624. The lowest BCUT2D eigenvalue weighted by atomic mass is 9.76. The molecule has 3 fully saturated rings. The van der Waals surface area contributed by atoms with E-state index in [-0.39, 0.29) is 24.0 Å². The number of nitrogens with zero attached hydrogens (tertiary/aromatic N) is 3. The van der Waals surface area contributed by atoms with E-state index >= 15 is 0 Å². The molecule has 5 rings (SSSR count). The number of rotatable bonds is 4. The van der Waals surface area contributed by atoms with E-state index in [2.05, 4.69) is 5.16 Å². The molecule has 4 atom stereocenters. The SMILES string of the molecule is CN(Cc1ccno1)C(=O)C1C2C(=O)N(C3CCCCCC3)C[C@@]23C=C[C@@H]1O3. The Morgan fingerprint density at radius 3 is 2.82 bits per heavy atom. The molecule has 2 amide bonds. The third-order valence-corrected chi connectivity index (χ3v) is 6.94. The van der Waals surface area contributed by atoms with Gasteiger partial charge in [-0.05, 0) is 12.8 Å². The third-order valence-electron chi connectivity index (χ3n) is 6.94. The van der Waals surface area contributed by atoms with Crippen molar-refractivity contribution in [1.29, 1.82) is 0 Å². The molecule has 7 nitrogen and oxygen atoms in total. The van der Waals surface area contributed by atoms with Crippen molar-refractivity contribution in [3.8, 4) is 0 Å². The first-order valence-electron chi connectivity index (χ1n) is 10.4. The highest BCUT2D eigenvalue weighted by molar-refractivity contribution is 5.93. The molecular formula is C21H27N3O4. The van der Waals surface area contributed by atoms with Gasteiger partial charge in [-0.15, -0.1) is 0 Å². The van der Waals surface area contributed by atoms with Crippen molar-refractivity contribution in [2.24, 2.45) is 11.8 Å². The zero-order valence-electron chi connectivity index (χ0n) is 16.3. The standard InChI is InChI=1S/C21H27N3O4/c1-23(12-15-9-11-22-28-15)19(25)17-16-8-10-21(27-16)13-24(20(26)18(17)21)14-6-4-2-3-5-7-14/h8-11,14,16-18H,2-7,12-13H2,1H3/t16-,17?,18?,21-/m0/s1. The summed E-state index contributed by atoms with van der Waals surface area (Å²) < 4.78 is 11.4. The first-order chi connectivity index (χ1) is 13.6. The van der Waals surface area contributed by atoms with Crippen molar-refractivity contribution in [2.45, 2.75) is 62.8 Å². The molecule has 1 aromatic heterocycles. The number of hydrogen-bond acceptors (Lipinski definition) is 5. The van der Waals surface area contributed by atoms with Crippen LogP contribution in [-0.2, 0) is 20.9 Å². The highest BCUT2D eigenvalue weighted by Crippen LogP contribution is 2.53. The van der Waals surface area contributed by atoms with E-state index in [9.17, 15) is 9.59 Å². The third kappa shape index (κ3) is 2.70. The van der Waals surface area contributed by atoms with Crippen LogP contribution in [0.15, 0.2) is 28.9 Å². The van der Waals surface area contributed by atoms with Crippen LogP contribution in [0.4, 0.5) is 0 Å². The Morgan fingerprint density at radius 1 is 1.32 bits per heavy atom. The minimum Gasteiger partial charge on any atom is -0.360 e. The molecule has 4 aliphatic rings. The van der Waals surface area contributed by atoms with E-state index in [4.69, 9.17) is 9.26 Å². The predicted octanol–water partition coefficient (Wildman–Crippen LogP) is 2.14. The van der Waals surface area contributed by atoms with Crippen LogP contribution in [0.1, 0.15) is 44.3 Å². The fourth-order valence-corrected chi connectivity index (χ4v) is 5.58. The molecule has 0 radical (unpaired) electrons. The molecule has 3 aliphatic heterocycles. The van der Waals surface area contributed by atoms with Crippen molar-refractivity contribution in [3.63, 3.8) is 0 Å². The second kappa shape index (κ2) is 6.72. The van der Waals surface area contributed by atoms with Crippen LogP contribution in [-0.4, -0.2) is 58.1 Å². The van der Waals surface area contributed by atoms with Gasteiger partial charge in [-0.25, -0.2) is 0 Å². The summed E-state index contributed by atoms with van der Waals surface area (Å²) >= 11 is 0. The van der Waals surface area contributed by atoms with E-state index in [1.807, 2.05) is 17.1 Å². The molecule has 0 aromatic carbocycles. The molecular weight excluding hydrogens is 358 g/mol. The second-order valence-electron chi connectivity index (χ2n) is 8.68. The Labute approximate surface area is 164 Å². The smallest absolute Gasteiger partial charge is 0.230 e. The summed E-state index contributed by atoms with van der Waals surface area (Å²) in [6.07, 6.45) is 12.2. The lowest BCUT2D eigenvalue weighted by molar-refractivity contribution is -0.143. The molecule has 1 saturated carbocycles. The first kappa shape index (κ1) is 17.9. The van der Waals surface area contributed by atoms with Crippen LogP contribution >= 0.6 is 0 Å². The number of hydrogen-bond donors (Lipinski definition) is 0. The maximum Gasteiger partial charge on any atom is 0.230 e. The fourth-order valence-electron chi connectivity index (χ4n) is 5.58. The largest absolute Gasteiger partial charge is 0.360 e. The number of aromatic nitrogens is 1. The summed E-state index contributed by atoms with van der Waals surface area (Å²) in [7, 11) is 1.75. The average Bonchev–Trinajstić information content (AvgIpc) is 3.41. The molecule has 1 aliphatic carbocycles. The normalized spacial score (nSPS) is 34.7. The van der Waals surface area contributed by atoms with E-state index in [0.29, 0.717) is 18.8 Å². The Morgan fingerprint density at radius 2 is 2.11 bits per heavy atom.